The number of likely N-dealkylation sites (N-methyl/N-ethyl adjacent to an activating group) is 1. The fraction of sp³-hybridized carbons (Fsp3) is 0.455. The fourth-order valence-electron chi connectivity index (χ4n) is 4.63. The van der Waals surface area contributed by atoms with E-state index >= 15 is 0 Å². The van der Waals surface area contributed by atoms with Crippen molar-refractivity contribution in [2.45, 2.75) is 38.6 Å². The molecule has 1 fully saturated rings. The summed E-state index contributed by atoms with van der Waals surface area (Å²) >= 11 is 0. The molecule has 5 rings (SSSR count). The van der Waals surface area contributed by atoms with Crippen molar-refractivity contribution >= 4 is 17.4 Å². The van der Waals surface area contributed by atoms with Crippen molar-refractivity contribution < 1.29 is 28.2 Å². The average Bonchev–Trinajstić information content (AvgIpc) is 3.47. The quantitative estimate of drug-likeness (QED) is 0.734. The Morgan fingerprint density at radius 1 is 1.23 bits per heavy atom. The number of hydrogen-bond acceptors (Lipinski definition) is 5. The number of rotatable bonds is 5. The molecule has 0 spiro atoms. The first-order valence-electron chi connectivity index (χ1n) is 10.4. The molecular formula is C22H23F2N3O4. The minimum atomic E-state index is -3.07. The summed E-state index contributed by atoms with van der Waals surface area (Å²) in [5, 5.41) is 9.51. The van der Waals surface area contributed by atoms with Crippen molar-refractivity contribution in [3.63, 3.8) is 0 Å². The summed E-state index contributed by atoms with van der Waals surface area (Å²) in [6.07, 6.45) is 3.57. The average molecular weight is 431 g/mol. The third-order valence-electron chi connectivity index (χ3n) is 6.32. The summed E-state index contributed by atoms with van der Waals surface area (Å²) in [6.45, 7) is -0.655. The Morgan fingerprint density at radius 3 is 2.65 bits per heavy atom. The summed E-state index contributed by atoms with van der Waals surface area (Å²) in [5.74, 6) is -3.03. The molecule has 1 atom stereocenters. The van der Waals surface area contributed by atoms with Crippen molar-refractivity contribution in [2.24, 2.45) is 5.92 Å². The van der Waals surface area contributed by atoms with Crippen LogP contribution in [0.5, 0.6) is 5.75 Å². The van der Waals surface area contributed by atoms with Crippen LogP contribution in [-0.4, -0.2) is 59.1 Å². The van der Waals surface area contributed by atoms with E-state index in [1.807, 2.05) is 19.3 Å². The lowest BCUT2D eigenvalue weighted by atomic mass is 9.88. The second-order valence-electron chi connectivity index (χ2n) is 8.51. The topological polar surface area (TPSA) is 75.0 Å². The highest BCUT2D eigenvalue weighted by molar-refractivity contribution is 6.14. The van der Waals surface area contributed by atoms with Gasteiger partial charge in [-0.3, -0.25) is 14.5 Å². The van der Waals surface area contributed by atoms with Gasteiger partial charge in [-0.25, -0.2) is 0 Å². The zero-order chi connectivity index (χ0) is 21.9. The van der Waals surface area contributed by atoms with E-state index < -0.39 is 24.3 Å². The van der Waals surface area contributed by atoms with E-state index in [1.54, 1.807) is 17.0 Å². The van der Waals surface area contributed by atoms with Crippen LogP contribution in [0.15, 0.2) is 24.4 Å². The smallest absolute Gasteiger partial charge is 0.387 e. The minimum Gasteiger partial charge on any atom is -0.481 e. The van der Waals surface area contributed by atoms with Gasteiger partial charge in [0.05, 0.1) is 5.69 Å². The molecule has 3 heterocycles. The number of fused-ring (bicyclic) bond motifs is 2. The first-order valence-corrected chi connectivity index (χ1v) is 10.4. The van der Waals surface area contributed by atoms with Crippen LogP contribution in [-0.2, 0) is 17.9 Å². The molecule has 31 heavy (non-hydrogen) atoms. The van der Waals surface area contributed by atoms with E-state index in [2.05, 4.69) is 9.47 Å². The number of anilines is 1. The third kappa shape index (κ3) is 3.46. The van der Waals surface area contributed by atoms with Crippen molar-refractivity contribution in [1.82, 2.24) is 9.47 Å². The molecule has 1 aliphatic carbocycles. The van der Waals surface area contributed by atoms with E-state index in [9.17, 15) is 23.5 Å². The van der Waals surface area contributed by atoms with Gasteiger partial charge in [0, 0.05) is 60.8 Å². The lowest BCUT2D eigenvalue weighted by Gasteiger charge is -2.35. The molecule has 3 aliphatic rings. The van der Waals surface area contributed by atoms with Crippen molar-refractivity contribution in [3.8, 4) is 16.9 Å². The summed E-state index contributed by atoms with van der Waals surface area (Å²) < 4.78 is 34.1. The second-order valence-corrected chi connectivity index (χ2v) is 8.51. The van der Waals surface area contributed by atoms with Gasteiger partial charge in [0.15, 0.2) is 11.5 Å². The normalized spacial score (nSPS) is 21.2. The first-order chi connectivity index (χ1) is 14.8. The number of carbonyl (C=O) groups is 2. The highest BCUT2D eigenvalue weighted by Crippen LogP contribution is 2.48. The van der Waals surface area contributed by atoms with Crippen LogP contribution in [0.2, 0.25) is 0 Å². The molecule has 0 saturated heterocycles. The molecule has 2 aromatic rings. The van der Waals surface area contributed by atoms with Gasteiger partial charge in [-0.1, -0.05) is 0 Å². The van der Waals surface area contributed by atoms with Gasteiger partial charge in [-0.15, -0.1) is 0 Å². The number of benzene rings is 1. The Hall–Kier alpha value is -2.94. The number of nitrogens with zero attached hydrogens (tertiary/aromatic N) is 3. The number of Topliss-reactive ketones (excluding diaryl/α,β-unsaturated/α-hetero) is 1. The zero-order valence-electron chi connectivity index (χ0n) is 17.1. The standard InChI is InChI=1S/C22H23F2N3O4/c1-25-6-7-26-9-12(8-14(26)10-25)15-4-5-16-18(20(15)31-22(23)24)27(13-2-3-13)11-17(19(16)28)21(29)30/h4-5,8-9,13,17,22H,2-3,6-7,10-11H2,1H3,(H,29,30). The van der Waals surface area contributed by atoms with Gasteiger partial charge in [0.1, 0.15) is 5.92 Å². The van der Waals surface area contributed by atoms with Gasteiger partial charge in [0.25, 0.3) is 0 Å². The number of ether oxygens (including phenoxy) is 1. The number of carboxylic acids is 1. The van der Waals surface area contributed by atoms with Crippen molar-refractivity contribution in [1.29, 1.82) is 0 Å². The maximum absolute atomic E-state index is 13.5. The van der Waals surface area contributed by atoms with E-state index in [4.69, 9.17) is 4.74 Å². The first kappa shape index (κ1) is 20.0. The van der Waals surface area contributed by atoms with Crippen LogP contribution in [0, 0.1) is 5.92 Å². The van der Waals surface area contributed by atoms with E-state index in [1.165, 1.54) is 0 Å². The predicted molar refractivity (Wildman–Crippen MR) is 109 cm³/mol. The SMILES string of the molecule is CN1CCn2cc(-c3ccc4c(c3OC(F)F)N(C3CC3)CC(C(=O)O)C4=O)cc2C1. The van der Waals surface area contributed by atoms with Crippen LogP contribution in [0.1, 0.15) is 28.9 Å². The Balaban J connectivity index is 1.67. The summed E-state index contributed by atoms with van der Waals surface area (Å²) in [6, 6.07) is 5.13. The molecule has 1 unspecified atom stereocenters. The summed E-state index contributed by atoms with van der Waals surface area (Å²) in [7, 11) is 2.03. The van der Waals surface area contributed by atoms with E-state index in [0.29, 0.717) is 11.3 Å². The maximum atomic E-state index is 13.5. The van der Waals surface area contributed by atoms with Crippen molar-refractivity contribution in [3.05, 3.63) is 35.7 Å². The summed E-state index contributed by atoms with van der Waals surface area (Å²) in [4.78, 5) is 28.5. The predicted octanol–water partition coefficient (Wildman–Crippen LogP) is 3.07. The molecule has 1 aromatic carbocycles. The minimum absolute atomic E-state index is 0.0277. The van der Waals surface area contributed by atoms with E-state index in [0.717, 1.165) is 43.7 Å². The lowest BCUT2D eigenvalue weighted by molar-refractivity contribution is -0.139. The number of alkyl halides is 2. The number of carboxylic acid groups (broad SMARTS) is 1. The van der Waals surface area contributed by atoms with E-state index in [-0.39, 0.29) is 23.9 Å². The molecule has 0 radical (unpaired) electrons. The fourth-order valence-corrected chi connectivity index (χ4v) is 4.63. The number of ketones is 1. The van der Waals surface area contributed by atoms with Gasteiger partial charge in [-0.2, -0.15) is 8.78 Å². The molecule has 9 heteroatoms. The Kier molecular flexibility index (Phi) is 4.73. The Morgan fingerprint density at radius 2 is 1.97 bits per heavy atom. The Bertz CT molecular complexity index is 1060. The number of aromatic nitrogens is 1. The number of aliphatic carboxylic acids is 1. The summed E-state index contributed by atoms with van der Waals surface area (Å²) in [5.41, 5.74) is 2.73. The number of hydrogen-bond donors (Lipinski definition) is 1. The van der Waals surface area contributed by atoms with Crippen LogP contribution in [0.25, 0.3) is 11.1 Å². The molecule has 1 saturated carbocycles. The van der Waals surface area contributed by atoms with Crippen molar-refractivity contribution in [2.75, 3.05) is 25.0 Å². The highest BCUT2D eigenvalue weighted by atomic mass is 19.3. The number of carbonyl (C=O) groups excluding carboxylic acids is 1. The van der Waals surface area contributed by atoms with Crippen LogP contribution >= 0.6 is 0 Å². The van der Waals surface area contributed by atoms with Crippen LogP contribution in [0.3, 0.4) is 0 Å². The maximum Gasteiger partial charge on any atom is 0.387 e. The zero-order valence-corrected chi connectivity index (χ0v) is 17.1. The largest absolute Gasteiger partial charge is 0.481 e. The molecule has 2 aliphatic heterocycles. The molecule has 1 aromatic heterocycles. The van der Waals surface area contributed by atoms with Gasteiger partial charge in [0.2, 0.25) is 0 Å². The highest BCUT2D eigenvalue weighted by Gasteiger charge is 2.44. The van der Waals surface area contributed by atoms with Gasteiger partial charge in [-0.05, 0) is 38.1 Å². The van der Waals surface area contributed by atoms with Gasteiger partial charge < -0.3 is 19.3 Å². The lowest BCUT2D eigenvalue weighted by Crippen LogP contribution is -2.44. The molecule has 7 nitrogen and oxygen atoms in total. The molecule has 0 amide bonds. The Labute approximate surface area is 177 Å². The molecular weight excluding hydrogens is 408 g/mol. The third-order valence-corrected chi connectivity index (χ3v) is 6.32. The molecule has 0 bridgehead atoms. The monoisotopic (exact) mass is 431 g/mol. The second kappa shape index (κ2) is 7.33. The molecule has 164 valence electrons. The van der Waals surface area contributed by atoms with Crippen LogP contribution < -0.4 is 9.64 Å². The molecule has 1 N–H and O–H groups in total. The van der Waals surface area contributed by atoms with Gasteiger partial charge >= 0.3 is 12.6 Å². The van der Waals surface area contributed by atoms with Crippen LogP contribution in [0.4, 0.5) is 14.5 Å². The number of halogens is 2.